The van der Waals surface area contributed by atoms with Gasteiger partial charge in [0.1, 0.15) is 29.1 Å². The number of Topliss-reactive ketones (excluding diaryl/α,β-unsaturated/α-hetero) is 1. The molecule has 4 rings (SSSR count). The quantitative estimate of drug-likeness (QED) is 0.350. The zero-order valence-corrected chi connectivity index (χ0v) is 17.7. The number of ketones is 1. The molecule has 158 valence electrons. The second-order valence-corrected chi connectivity index (χ2v) is 7.63. The van der Waals surface area contributed by atoms with Crippen molar-refractivity contribution in [3.63, 3.8) is 0 Å². The van der Waals surface area contributed by atoms with Crippen LogP contribution in [0.2, 0.25) is 5.02 Å². The van der Waals surface area contributed by atoms with Gasteiger partial charge < -0.3 is 19.2 Å². The van der Waals surface area contributed by atoms with E-state index in [1.165, 1.54) is 11.0 Å². The third-order valence-electron chi connectivity index (χ3n) is 5.20. The summed E-state index contributed by atoms with van der Waals surface area (Å²) in [5, 5.41) is 11.4. The Hall–Kier alpha value is -3.51. The van der Waals surface area contributed by atoms with Gasteiger partial charge in [-0.1, -0.05) is 41.9 Å². The number of aliphatic hydroxyl groups is 1. The lowest BCUT2D eigenvalue weighted by Gasteiger charge is -2.24. The molecule has 31 heavy (non-hydrogen) atoms. The molecule has 1 aliphatic rings. The minimum atomic E-state index is -0.891. The highest BCUT2D eigenvalue weighted by atomic mass is 35.5. The van der Waals surface area contributed by atoms with Crippen molar-refractivity contribution in [2.45, 2.75) is 19.5 Å². The lowest BCUT2D eigenvalue weighted by atomic mass is 9.99. The maximum atomic E-state index is 13.0. The van der Waals surface area contributed by atoms with E-state index in [-0.39, 0.29) is 17.9 Å². The number of aliphatic hydroxyl groups excluding tert-OH is 1. The summed E-state index contributed by atoms with van der Waals surface area (Å²) < 4.78 is 11.2. The van der Waals surface area contributed by atoms with Crippen LogP contribution in [0.25, 0.3) is 5.76 Å². The largest absolute Gasteiger partial charge is 0.507 e. The van der Waals surface area contributed by atoms with Crippen LogP contribution < -0.4 is 4.74 Å². The molecule has 1 saturated heterocycles. The van der Waals surface area contributed by atoms with Crippen LogP contribution in [0.4, 0.5) is 0 Å². The molecule has 0 bridgehead atoms. The standard InChI is InChI=1S/C24H20ClNO5/c1-14-10-11-19(31-14)21-20(22(27)15-7-5-8-17(25)12-15)23(28)24(29)26(21)13-16-6-3-4-9-18(16)30-2/h3-12,21,27H,13H2,1-2H3/b22-20+. The van der Waals surface area contributed by atoms with Gasteiger partial charge in [0, 0.05) is 16.1 Å². The van der Waals surface area contributed by atoms with Crippen molar-refractivity contribution in [2.75, 3.05) is 7.11 Å². The summed E-state index contributed by atoms with van der Waals surface area (Å²) in [6.07, 6.45) is 0. The Balaban J connectivity index is 1.86. The molecule has 1 aromatic heterocycles. The van der Waals surface area contributed by atoms with Gasteiger partial charge in [-0.05, 0) is 37.3 Å². The molecule has 6 nitrogen and oxygen atoms in total. The van der Waals surface area contributed by atoms with Crippen LogP contribution in [-0.2, 0) is 16.1 Å². The maximum Gasteiger partial charge on any atom is 0.296 e. The average Bonchev–Trinajstić information content (AvgIpc) is 3.30. The molecule has 2 heterocycles. The van der Waals surface area contributed by atoms with Crippen molar-refractivity contribution in [1.29, 1.82) is 0 Å². The highest BCUT2D eigenvalue weighted by Crippen LogP contribution is 2.41. The van der Waals surface area contributed by atoms with Gasteiger partial charge in [-0.15, -0.1) is 0 Å². The van der Waals surface area contributed by atoms with Crippen LogP contribution in [0.5, 0.6) is 5.75 Å². The molecule has 2 aromatic carbocycles. The first-order valence-electron chi connectivity index (χ1n) is 9.63. The molecule has 0 saturated carbocycles. The predicted molar refractivity (Wildman–Crippen MR) is 116 cm³/mol. The smallest absolute Gasteiger partial charge is 0.296 e. The molecule has 0 radical (unpaired) electrons. The number of ether oxygens (including phenoxy) is 1. The van der Waals surface area contributed by atoms with E-state index in [1.807, 2.05) is 18.2 Å². The van der Waals surface area contributed by atoms with Gasteiger partial charge in [0.25, 0.3) is 11.7 Å². The van der Waals surface area contributed by atoms with E-state index in [1.54, 1.807) is 50.4 Å². The number of carbonyl (C=O) groups excluding carboxylic acids is 2. The second kappa shape index (κ2) is 8.32. The lowest BCUT2D eigenvalue weighted by Crippen LogP contribution is -2.29. The number of methoxy groups -OCH3 is 1. The molecule has 1 N–H and O–H groups in total. The van der Waals surface area contributed by atoms with E-state index in [9.17, 15) is 14.7 Å². The minimum absolute atomic E-state index is 0.0449. The number of rotatable bonds is 5. The van der Waals surface area contributed by atoms with E-state index in [0.717, 1.165) is 5.56 Å². The number of amides is 1. The molecule has 1 atom stereocenters. The van der Waals surface area contributed by atoms with Crippen molar-refractivity contribution in [2.24, 2.45) is 0 Å². The SMILES string of the molecule is COc1ccccc1CN1C(=O)C(=O)/C(=C(/O)c2cccc(Cl)c2)C1c1ccc(C)o1. The Morgan fingerprint density at radius 3 is 2.58 bits per heavy atom. The highest BCUT2D eigenvalue weighted by Gasteiger charge is 2.47. The molecule has 1 amide bonds. The number of para-hydroxylation sites is 1. The van der Waals surface area contributed by atoms with E-state index in [0.29, 0.717) is 27.9 Å². The topological polar surface area (TPSA) is 80.0 Å². The molecule has 0 aliphatic carbocycles. The second-order valence-electron chi connectivity index (χ2n) is 7.20. The predicted octanol–water partition coefficient (Wildman–Crippen LogP) is 4.87. The number of likely N-dealkylation sites (tertiary alicyclic amines) is 1. The molecule has 3 aromatic rings. The monoisotopic (exact) mass is 437 g/mol. The van der Waals surface area contributed by atoms with Crippen molar-refractivity contribution in [1.82, 2.24) is 4.90 Å². The zero-order valence-electron chi connectivity index (χ0n) is 17.0. The number of aryl methyl sites for hydroxylation is 1. The number of furan rings is 1. The molecular formula is C24H20ClNO5. The number of hydrogen-bond donors (Lipinski definition) is 1. The number of nitrogens with zero attached hydrogens (tertiary/aromatic N) is 1. The fraction of sp³-hybridized carbons (Fsp3) is 0.167. The Kier molecular flexibility index (Phi) is 5.57. The summed E-state index contributed by atoms with van der Waals surface area (Å²) in [6, 6.07) is 16.3. The first kappa shape index (κ1) is 20.8. The summed E-state index contributed by atoms with van der Waals surface area (Å²) in [6.45, 7) is 1.87. The Morgan fingerprint density at radius 2 is 1.90 bits per heavy atom. The van der Waals surface area contributed by atoms with Crippen LogP contribution in [0.3, 0.4) is 0 Å². The molecular weight excluding hydrogens is 418 g/mol. The normalized spacial score (nSPS) is 17.9. The fourth-order valence-electron chi connectivity index (χ4n) is 3.75. The van der Waals surface area contributed by atoms with E-state index < -0.39 is 17.7 Å². The van der Waals surface area contributed by atoms with Crippen LogP contribution in [0, 0.1) is 6.92 Å². The van der Waals surface area contributed by atoms with Gasteiger partial charge in [0.2, 0.25) is 0 Å². The van der Waals surface area contributed by atoms with E-state index in [4.69, 9.17) is 20.8 Å². The lowest BCUT2D eigenvalue weighted by molar-refractivity contribution is -0.140. The molecule has 1 fully saturated rings. The molecule has 1 unspecified atom stereocenters. The average molecular weight is 438 g/mol. The first-order valence-corrected chi connectivity index (χ1v) is 10.0. The Labute approximate surface area is 184 Å². The Bertz CT molecular complexity index is 1200. The van der Waals surface area contributed by atoms with Crippen LogP contribution >= 0.6 is 11.6 Å². The highest BCUT2D eigenvalue weighted by molar-refractivity contribution is 6.46. The van der Waals surface area contributed by atoms with Crippen molar-refractivity contribution in [3.05, 3.63) is 93.9 Å². The van der Waals surface area contributed by atoms with Gasteiger partial charge in [-0.3, -0.25) is 9.59 Å². The van der Waals surface area contributed by atoms with Crippen molar-refractivity contribution in [3.8, 4) is 5.75 Å². The third kappa shape index (κ3) is 3.82. The van der Waals surface area contributed by atoms with Crippen molar-refractivity contribution >= 4 is 29.1 Å². The number of benzene rings is 2. The van der Waals surface area contributed by atoms with Gasteiger partial charge in [-0.25, -0.2) is 0 Å². The minimum Gasteiger partial charge on any atom is -0.507 e. The summed E-state index contributed by atoms with van der Waals surface area (Å²) in [5.74, 6) is -0.216. The van der Waals surface area contributed by atoms with Crippen LogP contribution in [0.15, 0.2) is 70.7 Å². The molecule has 7 heteroatoms. The third-order valence-corrected chi connectivity index (χ3v) is 5.44. The number of carbonyl (C=O) groups is 2. The van der Waals surface area contributed by atoms with E-state index >= 15 is 0 Å². The summed E-state index contributed by atoms with van der Waals surface area (Å²) in [5.41, 5.74) is 1.02. The zero-order chi connectivity index (χ0) is 22.1. The van der Waals surface area contributed by atoms with Crippen molar-refractivity contribution < 1.29 is 23.8 Å². The van der Waals surface area contributed by atoms with Gasteiger partial charge in [-0.2, -0.15) is 0 Å². The molecule has 0 spiro atoms. The first-order chi connectivity index (χ1) is 14.9. The summed E-state index contributed by atoms with van der Waals surface area (Å²) >= 11 is 6.06. The van der Waals surface area contributed by atoms with E-state index in [2.05, 4.69) is 0 Å². The van der Waals surface area contributed by atoms with Crippen LogP contribution in [-0.4, -0.2) is 28.8 Å². The fourth-order valence-corrected chi connectivity index (χ4v) is 3.94. The number of hydrogen-bond acceptors (Lipinski definition) is 5. The van der Waals surface area contributed by atoms with Gasteiger partial charge in [0.05, 0.1) is 19.2 Å². The van der Waals surface area contributed by atoms with Gasteiger partial charge in [0.15, 0.2) is 0 Å². The number of halogens is 1. The maximum absolute atomic E-state index is 13.0. The summed E-state index contributed by atoms with van der Waals surface area (Å²) in [7, 11) is 1.54. The molecule has 1 aliphatic heterocycles. The summed E-state index contributed by atoms with van der Waals surface area (Å²) in [4.78, 5) is 27.5. The Morgan fingerprint density at radius 1 is 1.13 bits per heavy atom. The van der Waals surface area contributed by atoms with Gasteiger partial charge >= 0.3 is 0 Å². The van der Waals surface area contributed by atoms with Crippen LogP contribution in [0.1, 0.15) is 28.7 Å².